The highest BCUT2D eigenvalue weighted by Crippen LogP contribution is 2.34. The number of piperazine rings is 1. The van der Waals surface area contributed by atoms with Crippen molar-refractivity contribution < 1.29 is 30.0 Å². The first-order chi connectivity index (χ1) is 24.4. The summed E-state index contributed by atoms with van der Waals surface area (Å²) < 4.78 is 104. The summed E-state index contributed by atoms with van der Waals surface area (Å²) in [5.41, 5.74) is -0.552. The lowest BCUT2D eigenvalue weighted by Gasteiger charge is -2.33. The van der Waals surface area contributed by atoms with Gasteiger partial charge in [-0.05, 0) is 55.9 Å². The highest BCUT2D eigenvalue weighted by Gasteiger charge is 2.31. The Labute approximate surface area is 291 Å². The lowest BCUT2D eigenvalue weighted by atomic mass is 10.2. The Balaban J connectivity index is 1.26. The molecule has 0 amide bonds. The number of sulfonamides is 2. The van der Waals surface area contributed by atoms with Crippen molar-refractivity contribution in [1.29, 1.82) is 0 Å². The Morgan fingerprint density at radius 3 is 2.35 bits per heavy atom. The number of anilines is 3. The number of benzene rings is 3. The lowest BCUT2D eigenvalue weighted by molar-refractivity contribution is 0.196. The molecule has 2 N–H and O–H groups in total. The van der Waals surface area contributed by atoms with Crippen LogP contribution in [-0.2, 0) is 20.0 Å². The largest absolute Gasteiger partial charge is 0.333 e. The number of aromatic nitrogens is 4. The molecule has 0 atom stereocenters. The van der Waals surface area contributed by atoms with E-state index >= 15 is 8.78 Å². The summed E-state index contributed by atoms with van der Waals surface area (Å²) in [6.45, 7) is 6.10. The summed E-state index contributed by atoms with van der Waals surface area (Å²) in [5, 5.41) is 3.09. The number of nitrogens with zero attached hydrogens (tertiary/aromatic N) is 6. The van der Waals surface area contributed by atoms with Crippen molar-refractivity contribution in [3.05, 3.63) is 102 Å². The van der Waals surface area contributed by atoms with Crippen LogP contribution in [0.1, 0.15) is 12.5 Å². The molecule has 0 saturated carbocycles. The average Bonchev–Trinajstić information content (AvgIpc) is 3.53. The average molecular weight is 737 g/mol. The van der Waals surface area contributed by atoms with Crippen molar-refractivity contribution in [2.45, 2.75) is 23.6 Å². The Hall–Kier alpha value is -5.10. The van der Waals surface area contributed by atoms with E-state index in [-0.39, 0.29) is 27.6 Å². The third-order valence-electron chi connectivity index (χ3n) is 8.87. The summed E-state index contributed by atoms with van der Waals surface area (Å²) in [6, 6.07) is 15.5. The fraction of sp³-hybridized carbons (Fsp3) is 0.206. The van der Waals surface area contributed by atoms with Crippen molar-refractivity contribution in [3.8, 4) is 5.82 Å². The van der Waals surface area contributed by atoms with Gasteiger partial charge in [0.25, 0.3) is 10.0 Å². The molecule has 0 spiro atoms. The molecule has 1 aliphatic rings. The predicted molar refractivity (Wildman–Crippen MR) is 187 cm³/mol. The van der Waals surface area contributed by atoms with Crippen molar-refractivity contribution in [2.75, 3.05) is 42.8 Å². The van der Waals surface area contributed by atoms with Crippen molar-refractivity contribution in [2.24, 2.45) is 0 Å². The molecule has 0 unspecified atom stereocenters. The first-order valence-electron chi connectivity index (χ1n) is 15.9. The number of rotatable bonds is 9. The molecule has 1 fully saturated rings. The van der Waals surface area contributed by atoms with Gasteiger partial charge in [-0.1, -0.05) is 31.2 Å². The summed E-state index contributed by atoms with van der Waals surface area (Å²) in [5.74, 6) is -2.95. The summed E-state index contributed by atoms with van der Waals surface area (Å²) >= 11 is 0. The molecule has 51 heavy (non-hydrogen) atoms. The molecule has 1 saturated heterocycles. The number of nitrogens with one attached hydrogen (secondary N) is 2. The second kappa shape index (κ2) is 13.2. The topological polar surface area (TPSA) is 142 Å². The van der Waals surface area contributed by atoms with Gasteiger partial charge < -0.3 is 10.2 Å². The SMILES string of the molecule is CCN1CCN(S(=O)(=O)c2cn(-c3ccc4ncnc(Nc5c(F)ccc(NS(=O)(=O)c6cccc(F)c6C)c5F)c4n3)c3ccccc23)CC1. The maximum absolute atomic E-state index is 15.8. The van der Waals surface area contributed by atoms with Crippen LogP contribution in [0.4, 0.5) is 30.4 Å². The number of hydrogen-bond acceptors (Lipinski definition) is 9. The Bertz CT molecular complexity index is 2540. The third kappa shape index (κ3) is 6.26. The number of likely N-dealkylation sites (N-methyl/N-ethyl adjacent to an activating group) is 1. The van der Waals surface area contributed by atoms with Gasteiger partial charge >= 0.3 is 0 Å². The number of para-hydroxylation sites is 1. The van der Waals surface area contributed by atoms with Gasteiger partial charge in [0, 0.05) is 43.3 Å². The Morgan fingerprint density at radius 2 is 1.59 bits per heavy atom. The molecular formula is C34H31F3N8O4S2. The van der Waals surface area contributed by atoms with Crippen molar-refractivity contribution in [3.63, 3.8) is 0 Å². The molecule has 3 aromatic heterocycles. The maximum Gasteiger partial charge on any atom is 0.262 e. The molecule has 4 heterocycles. The van der Waals surface area contributed by atoms with Crippen molar-refractivity contribution >= 4 is 59.2 Å². The Kier molecular flexibility index (Phi) is 8.91. The van der Waals surface area contributed by atoms with Crippen LogP contribution in [0.15, 0.2) is 89.0 Å². The van der Waals surface area contributed by atoms with Gasteiger partial charge in [0.2, 0.25) is 10.0 Å². The summed E-state index contributed by atoms with van der Waals surface area (Å²) in [7, 11) is -8.35. The van der Waals surface area contributed by atoms with E-state index in [1.165, 1.54) is 23.5 Å². The van der Waals surface area contributed by atoms with E-state index < -0.39 is 53.8 Å². The zero-order chi connectivity index (χ0) is 36.1. The second-order valence-corrected chi connectivity index (χ2v) is 15.4. The quantitative estimate of drug-likeness (QED) is 0.195. The van der Waals surface area contributed by atoms with Gasteiger partial charge in [-0.25, -0.2) is 45.0 Å². The highest BCUT2D eigenvalue weighted by molar-refractivity contribution is 7.92. The molecular weight excluding hydrogens is 706 g/mol. The Morgan fingerprint density at radius 1 is 0.824 bits per heavy atom. The van der Waals surface area contributed by atoms with Crippen LogP contribution in [0, 0.1) is 24.4 Å². The predicted octanol–water partition coefficient (Wildman–Crippen LogP) is 5.57. The minimum atomic E-state index is -4.47. The van der Waals surface area contributed by atoms with E-state index in [2.05, 4.69) is 29.9 Å². The van der Waals surface area contributed by atoms with Crippen LogP contribution in [0.25, 0.3) is 27.8 Å². The summed E-state index contributed by atoms with van der Waals surface area (Å²) in [6.07, 6.45) is 2.67. The molecule has 0 aliphatic carbocycles. The smallest absolute Gasteiger partial charge is 0.262 e. The zero-order valence-electron chi connectivity index (χ0n) is 27.3. The second-order valence-electron chi connectivity index (χ2n) is 11.9. The van der Waals surface area contributed by atoms with Crippen LogP contribution >= 0.6 is 0 Å². The molecule has 1 aliphatic heterocycles. The fourth-order valence-corrected chi connectivity index (χ4v) is 8.99. The van der Waals surface area contributed by atoms with Gasteiger partial charge in [0.1, 0.15) is 39.9 Å². The molecule has 264 valence electrons. The van der Waals surface area contributed by atoms with Gasteiger partial charge in [-0.3, -0.25) is 9.29 Å². The number of pyridine rings is 1. The van der Waals surface area contributed by atoms with Gasteiger partial charge in [-0.15, -0.1) is 0 Å². The lowest BCUT2D eigenvalue weighted by Crippen LogP contribution is -2.48. The zero-order valence-corrected chi connectivity index (χ0v) is 28.9. The molecule has 17 heteroatoms. The monoisotopic (exact) mass is 736 g/mol. The molecule has 7 rings (SSSR count). The van der Waals surface area contributed by atoms with E-state index in [4.69, 9.17) is 0 Å². The van der Waals surface area contributed by atoms with Crippen molar-refractivity contribution in [1.82, 2.24) is 28.7 Å². The van der Waals surface area contributed by atoms with Crippen LogP contribution in [0.2, 0.25) is 0 Å². The molecule has 3 aromatic carbocycles. The molecule has 0 radical (unpaired) electrons. The minimum Gasteiger partial charge on any atom is -0.333 e. The van der Waals surface area contributed by atoms with Gasteiger partial charge in [-0.2, -0.15) is 4.31 Å². The highest BCUT2D eigenvalue weighted by atomic mass is 32.2. The minimum absolute atomic E-state index is 0.0908. The van der Waals surface area contributed by atoms with Gasteiger partial charge in [0.15, 0.2) is 11.6 Å². The number of fused-ring (bicyclic) bond motifs is 2. The summed E-state index contributed by atoms with van der Waals surface area (Å²) in [4.78, 5) is 15.0. The van der Waals surface area contributed by atoms with Gasteiger partial charge in [0.05, 0.1) is 21.6 Å². The molecule has 12 nitrogen and oxygen atoms in total. The van der Waals surface area contributed by atoms with E-state index in [1.807, 2.05) is 6.92 Å². The maximum atomic E-state index is 15.8. The third-order valence-corrected chi connectivity index (χ3v) is 12.3. The van der Waals surface area contributed by atoms with E-state index in [1.54, 1.807) is 41.0 Å². The van der Waals surface area contributed by atoms with E-state index in [0.717, 1.165) is 37.1 Å². The first kappa shape index (κ1) is 34.4. The molecule has 0 bridgehead atoms. The van der Waals surface area contributed by atoms with Crippen LogP contribution in [-0.4, -0.2) is 78.3 Å². The van der Waals surface area contributed by atoms with Crippen LogP contribution < -0.4 is 10.0 Å². The van der Waals surface area contributed by atoms with E-state index in [0.29, 0.717) is 42.6 Å². The normalized spacial score (nSPS) is 14.7. The fourth-order valence-electron chi connectivity index (χ4n) is 6.07. The van der Waals surface area contributed by atoms with E-state index in [9.17, 15) is 21.2 Å². The molecule has 6 aromatic rings. The number of halogens is 3. The number of hydrogen-bond donors (Lipinski definition) is 2. The first-order valence-corrected chi connectivity index (χ1v) is 18.8. The van der Waals surface area contributed by atoms with Crippen LogP contribution in [0.3, 0.4) is 0 Å². The van der Waals surface area contributed by atoms with Crippen LogP contribution in [0.5, 0.6) is 0 Å². The standard InChI is InChI=1S/C34H31F3N8O4S2/c1-3-43-15-17-44(18-16-43)51(48,49)29-19-45(27-9-5-4-7-22(27)29)30-14-13-26-33(40-30)34(39-20-38-26)41-32-24(36)11-12-25(31(32)37)42-50(46,47)28-10-6-8-23(35)21(28)2/h4-14,19-20,42H,3,15-18H2,1-2H3,(H,38,39,41).